The summed E-state index contributed by atoms with van der Waals surface area (Å²) in [6.45, 7) is 3.43. The van der Waals surface area contributed by atoms with Crippen molar-refractivity contribution in [2.45, 2.75) is 24.5 Å². The van der Waals surface area contributed by atoms with Crippen LogP contribution in [0.2, 0.25) is 5.02 Å². The van der Waals surface area contributed by atoms with Crippen molar-refractivity contribution >= 4 is 35.2 Å². The molecule has 0 spiro atoms. The lowest BCUT2D eigenvalue weighted by molar-refractivity contribution is -0.129. The molecule has 0 unspecified atom stereocenters. The Balaban J connectivity index is 1.54. The quantitative estimate of drug-likeness (QED) is 0.399. The van der Waals surface area contributed by atoms with Gasteiger partial charge in [-0.15, -0.1) is 10.2 Å². The first-order chi connectivity index (χ1) is 16.2. The van der Waals surface area contributed by atoms with Crippen LogP contribution < -0.4 is 4.90 Å². The third-order valence-corrected chi connectivity index (χ3v) is 6.79. The van der Waals surface area contributed by atoms with E-state index in [0.29, 0.717) is 29.9 Å². The van der Waals surface area contributed by atoms with Crippen molar-refractivity contribution in [1.82, 2.24) is 19.7 Å². The Morgan fingerprint density at radius 2 is 1.82 bits per heavy atom. The van der Waals surface area contributed by atoms with E-state index in [1.807, 2.05) is 64.1 Å². The summed E-state index contributed by atoms with van der Waals surface area (Å²) in [5.74, 6) is 1.05. The van der Waals surface area contributed by atoms with Crippen LogP contribution in [-0.2, 0) is 16.1 Å². The number of thioether (sulfide) groups is 1. The first kappa shape index (κ1) is 23.6. The lowest BCUT2D eigenvalue weighted by atomic mass is 10.2. The number of halogens is 1. The molecule has 3 aromatic rings. The van der Waals surface area contributed by atoms with Crippen molar-refractivity contribution in [3.63, 3.8) is 0 Å². The first-order valence-electron chi connectivity index (χ1n) is 11.1. The van der Waals surface area contributed by atoms with Crippen molar-refractivity contribution in [3.05, 3.63) is 65.2 Å². The molecule has 1 fully saturated rings. The van der Waals surface area contributed by atoms with E-state index < -0.39 is 0 Å². The number of ether oxygens (including phenoxy) is 1. The molecule has 0 saturated carbocycles. The maximum absolute atomic E-state index is 13.2. The Labute approximate surface area is 203 Å². The number of methoxy groups -OCH3 is 1. The van der Waals surface area contributed by atoms with Gasteiger partial charge in [-0.05, 0) is 30.5 Å². The molecule has 0 radical (unpaired) electrons. The Kier molecular flexibility index (Phi) is 8.25. The van der Waals surface area contributed by atoms with Crippen LogP contribution in [-0.4, -0.2) is 64.7 Å². The third kappa shape index (κ3) is 5.88. The second kappa shape index (κ2) is 11.5. The zero-order chi connectivity index (χ0) is 23.0. The van der Waals surface area contributed by atoms with Gasteiger partial charge in [0.15, 0.2) is 5.16 Å². The van der Waals surface area contributed by atoms with Crippen LogP contribution in [0.1, 0.15) is 18.4 Å². The summed E-state index contributed by atoms with van der Waals surface area (Å²) in [6.07, 6.45) is 2.26. The second-order valence-corrected chi connectivity index (χ2v) is 9.20. The molecule has 174 valence electrons. The average molecular weight is 486 g/mol. The van der Waals surface area contributed by atoms with Crippen LogP contribution in [0.4, 0.5) is 5.95 Å². The maximum atomic E-state index is 13.2. The molecule has 2 heterocycles. The molecule has 0 N–H and O–H groups in total. The van der Waals surface area contributed by atoms with Gasteiger partial charge in [0.05, 0.1) is 23.1 Å². The monoisotopic (exact) mass is 485 g/mol. The molecule has 1 saturated heterocycles. The molecule has 1 amide bonds. The van der Waals surface area contributed by atoms with Crippen molar-refractivity contribution in [2.75, 3.05) is 44.0 Å². The van der Waals surface area contributed by atoms with E-state index in [1.54, 1.807) is 7.11 Å². The van der Waals surface area contributed by atoms with Gasteiger partial charge in [0.2, 0.25) is 11.9 Å². The molecule has 9 heteroatoms. The molecule has 4 rings (SSSR count). The van der Waals surface area contributed by atoms with Gasteiger partial charge in [-0.25, -0.2) is 0 Å². The fourth-order valence-electron chi connectivity index (χ4n) is 3.84. The molecule has 0 aliphatic carbocycles. The highest BCUT2D eigenvalue weighted by Crippen LogP contribution is 2.32. The smallest absolute Gasteiger partial charge is 0.233 e. The molecule has 1 aromatic heterocycles. The summed E-state index contributed by atoms with van der Waals surface area (Å²) in [7, 11) is 1.64. The third-order valence-electron chi connectivity index (χ3n) is 5.56. The first-order valence-corrected chi connectivity index (χ1v) is 12.4. The van der Waals surface area contributed by atoms with Crippen molar-refractivity contribution in [2.24, 2.45) is 0 Å². The van der Waals surface area contributed by atoms with E-state index >= 15 is 0 Å². The van der Waals surface area contributed by atoms with Gasteiger partial charge in [0.25, 0.3) is 0 Å². The number of rotatable bonds is 10. The zero-order valence-electron chi connectivity index (χ0n) is 18.7. The predicted octanol–water partition coefficient (Wildman–Crippen LogP) is 4.29. The number of hydrogen-bond acceptors (Lipinski definition) is 6. The highest BCUT2D eigenvalue weighted by Gasteiger charge is 2.24. The van der Waals surface area contributed by atoms with E-state index in [9.17, 15) is 4.79 Å². The summed E-state index contributed by atoms with van der Waals surface area (Å²) in [5, 5.41) is 10.2. The van der Waals surface area contributed by atoms with Crippen molar-refractivity contribution in [3.8, 4) is 5.69 Å². The molecule has 33 heavy (non-hydrogen) atoms. The van der Waals surface area contributed by atoms with Gasteiger partial charge < -0.3 is 14.5 Å². The summed E-state index contributed by atoms with van der Waals surface area (Å²) in [5.41, 5.74) is 1.91. The van der Waals surface area contributed by atoms with Crippen LogP contribution in [0.15, 0.2) is 59.8 Å². The van der Waals surface area contributed by atoms with Crippen molar-refractivity contribution < 1.29 is 9.53 Å². The fourth-order valence-corrected chi connectivity index (χ4v) is 4.90. The Hall–Kier alpha value is -2.55. The van der Waals surface area contributed by atoms with E-state index in [2.05, 4.69) is 15.1 Å². The van der Waals surface area contributed by atoms with Gasteiger partial charge in [-0.2, -0.15) is 0 Å². The van der Waals surface area contributed by atoms with Gasteiger partial charge in [0, 0.05) is 33.3 Å². The summed E-state index contributed by atoms with van der Waals surface area (Å²) >= 11 is 7.92. The standard InChI is InChI=1S/C24H28ClN5O2S/c1-32-16-15-29(17-19-9-3-2-4-10-19)22(31)18-33-24-27-26-23(28-13-7-8-14-28)30(24)21-12-6-5-11-20(21)25/h2-6,9-12H,7-8,13-18H2,1H3. The lowest BCUT2D eigenvalue weighted by Crippen LogP contribution is -2.34. The van der Waals surface area contributed by atoms with E-state index in [0.717, 1.165) is 43.1 Å². The average Bonchev–Trinajstić information content (AvgIpc) is 3.51. The maximum Gasteiger partial charge on any atom is 0.233 e. The number of para-hydroxylation sites is 1. The summed E-state index contributed by atoms with van der Waals surface area (Å²) in [4.78, 5) is 17.2. The predicted molar refractivity (Wildman–Crippen MR) is 132 cm³/mol. The van der Waals surface area contributed by atoms with Crippen LogP contribution >= 0.6 is 23.4 Å². The number of aromatic nitrogens is 3. The summed E-state index contributed by atoms with van der Waals surface area (Å²) in [6, 6.07) is 17.6. The number of amides is 1. The van der Waals surface area contributed by atoms with Crippen LogP contribution in [0.5, 0.6) is 0 Å². The number of anilines is 1. The molecule has 1 aliphatic rings. The van der Waals surface area contributed by atoms with Gasteiger partial charge in [-0.1, -0.05) is 65.8 Å². The molecular weight excluding hydrogens is 458 g/mol. The van der Waals surface area contributed by atoms with Gasteiger partial charge in [-0.3, -0.25) is 9.36 Å². The fraction of sp³-hybridized carbons (Fsp3) is 0.375. The number of benzene rings is 2. The molecule has 7 nitrogen and oxygen atoms in total. The van der Waals surface area contributed by atoms with Crippen LogP contribution in [0.25, 0.3) is 5.69 Å². The number of carbonyl (C=O) groups excluding carboxylic acids is 1. The normalized spacial score (nSPS) is 13.5. The topological polar surface area (TPSA) is 63.5 Å². The minimum absolute atomic E-state index is 0.0253. The number of hydrogen-bond donors (Lipinski definition) is 0. The van der Waals surface area contributed by atoms with E-state index in [4.69, 9.17) is 16.3 Å². The van der Waals surface area contributed by atoms with Crippen molar-refractivity contribution in [1.29, 1.82) is 0 Å². The Morgan fingerprint density at radius 1 is 1.09 bits per heavy atom. The highest BCUT2D eigenvalue weighted by molar-refractivity contribution is 7.99. The van der Waals surface area contributed by atoms with Crippen LogP contribution in [0.3, 0.4) is 0 Å². The van der Waals surface area contributed by atoms with Gasteiger partial charge >= 0.3 is 0 Å². The molecule has 2 aromatic carbocycles. The highest BCUT2D eigenvalue weighted by atomic mass is 35.5. The minimum Gasteiger partial charge on any atom is -0.383 e. The van der Waals surface area contributed by atoms with E-state index in [1.165, 1.54) is 11.8 Å². The lowest BCUT2D eigenvalue weighted by Gasteiger charge is -2.23. The SMILES string of the molecule is COCCN(Cc1ccccc1)C(=O)CSc1nnc(N2CCCC2)n1-c1ccccc1Cl. The van der Waals surface area contributed by atoms with Crippen LogP contribution in [0, 0.1) is 0 Å². The Morgan fingerprint density at radius 3 is 2.55 bits per heavy atom. The molecular formula is C24H28ClN5O2S. The second-order valence-electron chi connectivity index (χ2n) is 7.85. The number of carbonyl (C=O) groups is 1. The van der Waals surface area contributed by atoms with Gasteiger partial charge in [0.1, 0.15) is 0 Å². The summed E-state index contributed by atoms with van der Waals surface area (Å²) < 4.78 is 7.20. The molecule has 0 bridgehead atoms. The number of nitrogens with zero attached hydrogens (tertiary/aromatic N) is 5. The zero-order valence-corrected chi connectivity index (χ0v) is 20.3. The largest absolute Gasteiger partial charge is 0.383 e. The Bertz CT molecular complexity index is 1060. The minimum atomic E-state index is 0.0253. The van der Waals surface area contributed by atoms with E-state index in [-0.39, 0.29) is 11.7 Å². The molecule has 0 atom stereocenters. The molecule has 1 aliphatic heterocycles.